The number of carbonyl (C=O) groups is 3. The van der Waals surface area contributed by atoms with E-state index in [1.807, 2.05) is 42.5 Å². The minimum Gasteiger partial charge on any atom is -0.390 e. The normalized spacial score (nSPS) is 19.2. The van der Waals surface area contributed by atoms with Crippen LogP contribution in [-0.2, 0) is 20.8 Å². The second kappa shape index (κ2) is 13.5. The molecule has 3 rings (SSSR count). The number of halogens is 1. The van der Waals surface area contributed by atoms with Gasteiger partial charge < -0.3 is 21.1 Å². The van der Waals surface area contributed by atoms with Crippen molar-refractivity contribution in [3.8, 4) is 0 Å². The number of rotatable bonds is 11. The van der Waals surface area contributed by atoms with Gasteiger partial charge >= 0.3 is 0 Å². The number of nitrogens with zero attached hydrogens (tertiary/aromatic N) is 1. The first kappa shape index (κ1) is 30.7. The average molecular weight is 543 g/mol. The zero-order valence-electron chi connectivity index (χ0n) is 23.7. The number of aliphatic hydroxyl groups excluding tert-OH is 1. The smallest absolute Gasteiger partial charge is 0.247 e. The molecule has 2 aromatic rings. The van der Waals surface area contributed by atoms with Crippen molar-refractivity contribution >= 4 is 28.5 Å². The first-order valence-electron chi connectivity index (χ1n) is 13.8. The highest BCUT2D eigenvalue weighted by Gasteiger charge is 2.43. The Balaban J connectivity index is 1.91. The van der Waals surface area contributed by atoms with Crippen LogP contribution in [0.3, 0.4) is 0 Å². The molecule has 39 heavy (non-hydrogen) atoms. The van der Waals surface area contributed by atoms with Crippen LogP contribution >= 0.6 is 0 Å². The number of amides is 3. The van der Waals surface area contributed by atoms with Gasteiger partial charge in [0, 0.05) is 37.9 Å². The van der Waals surface area contributed by atoms with Gasteiger partial charge in [-0.2, -0.15) is 0 Å². The third-order valence-corrected chi connectivity index (χ3v) is 6.77. The topological polar surface area (TPSA) is 111 Å². The molecule has 2 aromatic carbocycles. The van der Waals surface area contributed by atoms with Crippen LogP contribution in [0.1, 0.15) is 46.6 Å². The average Bonchev–Trinajstić information content (AvgIpc) is 3.32. The van der Waals surface area contributed by atoms with E-state index in [1.165, 1.54) is 0 Å². The molecule has 0 aromatic heterocycles. The van der Waals surface area contributed by atoms with E-state index >= 15 is 0 Å². The third kappa shape index (κ3) is 8.55. The van der Waals surface area contributed by atoms with Gasteiger partial charge in [0.15, 0.2) is 0 Å². The minimum atomic E-state index is -1.20. The quantitative estimate of drug-likeness (QED) is 0.348. The maximum absolute atomic E-state index is 14.0. The van der Waals surface area contributed by atoms with Gasteiger partial charge in [0.1, 0.15) is 12.2 Å². The first-order chi connectivity index (χ1) is 18.4. The predicted octanol–water partition coefficient (Wildman–Crippen LogP) is 2.57. The van der Waals surface area contributed by atoms with Crippen molar-refractivity contribution in [2.45, 2.75) is 71.8 Å². The lowest BCUT2D eigenvalue weighted by Crippen LogP contribution is -2.60. The summed E-state index contributed by atoms with van der Waals surface area (Å²) in [6.07, 6.45) is -2.03. The number of alkyl halides is 1. The fourth-order valence-corrected chi connectivity index (χ4v) is 4.64. The van der Waals surface area contributed by atoms with E-state index in [-0.39, 0.29) is 25.9 Å². The van der Waals surface area contributed by atoms with Crippen molar-refractivity contribution in [1.82, 2.24) is 20.9 Å². The highest BCUT2D eigenvalue weighted by atomic mass is 19.1. The highest BCUT2D eigenvalue weighted by molar-refractivity contribution is 6.04. The molecular formula is C30H43FN4O4. The van der Waals surface area contributed by atoms with Crippen LogP contribution in [0.4, 0.5) is 4.39 Å². The van der Waals surface area contributed by atoms with E-state index in [0.29, 0.717) is 12.5 Å². The standard InChI is InChI=1S/C30H43FN4O4/c1-19(2)15-32-17-24(36)18-34-27(37)26(13-20-10-11-21-8-6-7-9-22(21)12-20)35(29(39)30(3,4)5)28(38)25-14-23(31)16-33-25/h6-12,19,23-26,32-33,36H,13-18H2,1-5H3,(H,34,37)/t23-,24?,25-,26+/m0/s1. The molecule has 0 aliphatic carbocycles. The molecule has 0 spiro atoms. The fourth-order valence-electron chi connectivity index (χ4n) is 4.64. The van der Waals surface area contributed by atoms with E-state index in [2.05, 4.69) is 29.8 Å². The van der Waals surface area contributed by atoms with E-state index in [4.69, 9.17) is 0 Å². The van der Waals surface area contributed by atoms with Crippen molar-refractivity contribution in [3.63, 3.8) is 0 Å². The minimum absolute atomic E-state index is 0.0189. The zero-order valence-corrected chi connectivity index (χ0v) is 23.7. The number of nitrogens with one attached hydrogen (secondary N) is 3. The molecular weight excluding hydrogens is 499 g/mol. The monoisotopic (exact) mass is 542 g/mol. The molecule has 1 heterocycles. The fraction of sp³-hybridized carbons (Fsp3) is 0.567. The molecule has 1 saturated heterocycles. The summed E-state index contributed by atoms with van der Waals surface area (Å²) in [5.41, 5.74) is -0.193. The third-order valence-electron chi connectivity index (χ3n) is 6.77. The number of aliphatic hydroxyl groups is 1. The Labute approximate surface area is 230 Å². The molecule has 1 unspecified atom stereocenters. The van der Waals surface area contributed by atoms with E-state index < -0.39 is 47.5 Å². The molecule has 3 amide bonds. The second-order valence-corrected chi connectivity index (χ2v) is 11.9. The Morgan fingerprint density at radius 3 is 2.38 bits per heavy atom. The van der Waals surface area contributed by atoms with Crippen LogP contribution in [0.25, 0.3) is 10.8 Å². The summed E-state index contributed by atoms with van der Waals surface area (Å²) < 4.78 is 14.0. The molecule has 214 valence electrons. The van der Waals surface area contributed by atoms with Crippen LogP contribution in [0.2, 0.25) is 0 Å². The lowest BCUT2D eigenvalue weighted by atomic mass is 9.91. The van der Waals surface area contributed by atoms with Gasteiger partial charge in [-0.25, -0.2) is 4.39 Å². The van der Waals surface area contributed by atoms with Gasteiger partial charge in [-0.1, -0.05) is 77.1 Å². The van der Waals surface area contributed by atoms with Crippen LogP contribution < -0.4 is 16.0 Å². The summed E-state index contributed by atoms with van der Waals surface area (Å²) in [5.74, 6) is -1.27. The van der Waals surface area contributed by atoms with Crippen LogP contribution in [0.5, 0.6) is 0 Å². The molecule has 9 heteroatoms. The SMILES string of the molecule is CC(C)CNCC(O)CNC(=O)[C@@H](Cc1ccc2ccccc2c1)N(C(=O)[C@@H]1C[C@H](F)CN1)C(=O)C(C)(C)C. The Bertz CT molecular complexity index is 1150. The molecule has 1 aliphatic rings. The van der Waals surface area contributed by atoms with E-state index in [1.54, 1.807) is 20.8 Å². The second-order valence-electron chi connectivity index (χ2n) is 11.9. The highest BCUT2D eigenvalue weighted by Crippen LogP contribution is 2.25. The molecule has 0 saturated carbocycles. The van der Waals surface area contributed by atoms with Gasteiger partial charge in [0.05, 0.1) is 12.1 Å². The van der Waals surface area contributed by atoms with Crippen molar-refractivity contribution < 1.29 is 23.9 Å². The van der Waals surface area contributed by atoms with Crippen molar-refractivity contribution in [1.29, 1.82) is 0 Å². The molecule has 8 nitrogen and oxygen atoms in total. The van der Waals surface area contributed by atoms with Gasteiger partial charge in [0.25, 0.3) is 0 Å². The van der Waals surface area contributed by atoms with Crippen molar-refractivity contribution in [2.75, 3.05) is 26.2 Å². The molecule has 4 N–H and O–H groups in total. The first-order valence-corrected chi connectivity index (χ1v) is 13.8. The van der Waals surface area contributed by atoms with E-state index in [9.17, 15) is 23.9 Å². The number of imide groups is 1. The summed E-state index contributed by atoms with van der Waals surface area (Å²) in [5, 5.41) is 21.2. The van der Waals surface area contributed by atoms with Crippen LogP contribution in [0, 0.1) is 11.3 Å². The van der Waals surface area contributed by atoms with Gasteiger partial charge in [-0.15, -0.1) is 0 Å². The van der Waals surface area contributed by atoms with Crippen molar-refractivity contribution in [3.05, 3.63) is 48.0 Å². The molecule has 1 aliphatic heterocycles. The summed E-state index contributed by atoms with van der Waals surface area (Å²) in [6, 6.07) is 11.5. The van der Waals surface area contributed by atoms with Gasteiger partial charge in [0.2, 0.25) is 17.7 Å². The predicted molar refractivity (Wildman–Crippen MR) is 151 cm³/mol. The summed E-state index contributed by atoms with van der Waals surface area (Å²) in [4.78, 5) is 42.1. The number of hydrogen-bond donors (Lipinski definition) is 4. The van der Waals surface area contributed by atoms with Crippen molar-refractivity contribution in [2.24, 2.45) is 11.3 Å². The summed E-state index contributed by atoms with van der Waals surface area (Å²) in [6.45, 7) is 10.2. The summed E-state index contributed by atoms with van der Waals surface area (Å²) in [7, 11) is 0. The Hall–Kier alpha value is -2.88. The van der Waals surface area contributed by atoms with E-state index in [0.717, 1.165) is 27.8 Å². The lowest BCUT2D eigenvalue weighted by Gasteiger charge is -2.35. The maximum atomic E-state index is 14.0. The molecule has 4 atom stereocenters. The van der Waals surface area contributed by atoms with Gasteiger partial charge in [-0.3, -0.25) is 19.3 Å². The number of carbonyl (C=O) groups excluding carboxylic acids is 3. The molecule has 1 fully saturated rings. The number of benzene rings is 2. The van der Waals surface area contributed by atoms with Gasteiger partial charge in [-0.05, 0) is 28.8 Å². The Kier molecular flexibility index (Phi) is 10.6. The zero-order chi connectivity index (χ0) is 28.7. The lowest BCUT2D eigenvalue weighted by molar-refractivity contribution is -0.157. The maximum Gasteiger partial charge on any atom is 0.247 e. The Morgan fingerprint density at radius 2 is 1.77 bits per heavy atom. The number of fused-ring (bicyclic) bond motifs is 1. The number of hydrogen-bond acceptors (Lipinski definition) is 6. The summed E-state index contributed by atoms with van der Waals surface area (Å²) >= 11 is 0. The largest absolute Gasteiger partial charge is 0.390 e. The Morgan fingerprint density at radius 1 is 1.08 bits per heavy atom. The van der Waals surface area contributed by atoms with Crippen LogP contribution in [-0.4, -0.2) is 78.3 Å². The molecule has 0 radical (unpaired) electrons. The van der Waals surface area contributed by atoms with Crippen LogP contribution in [0.15, 0.2) is 42.5 Å². The molecule has 0 bridgehead atoms.